The number of alkyl halides is 1. The van der Waals surface area contributed by atoms with Gasteiger partial charge in [-0.25, -0.2) is 25.2 Å². The molecule has 2 aromatic heterocycles. The summed E-state index contributed by atoms with van der Waals surface area (Å²) in [6.45, 7) is -0.214. The molecule has 9 heteroatoms. The molecule has 2 aromatic rings. The van der Waals surface area contributed by atoms with E-state index >= 15 is 0 Å². The molecule has 0 amide bonds. The summed E-state index contributed by atoms with van der Waals surface area (Å²) in [4.78, 5) is 12.1. The SMILES string of the molecule is NNc1ncnc2c1ncn2[C@@H]1O[C@H](CO)C[C@@H]1F. The van der Waals surface area contributed by atoms with Gasteiger partial charge in [0.1, 0.15) is 12.5 Å². The summed E-state index contributed by atoms with van der Waals surface area (Å²) in [6, 6.07) is 0. The Morgan fingerprint density at radius 1 is 1.53 bits per heavy atom. The highest BCUT2D eigenvalue weighted by Gasteiger charge is 2.37. The molecule has 3 atom stereocenters. The van der Waals surface area contributed by atoms with Crippen molar-refractivity contribution in [2.45, 2.75) is 24.9 Å². The van der Waals surface area contributed by atoms with Gasteiger partial charge in [-0.1, -0.05) is 0 Å². The summed E-state index contributed by atoms with van der Waals surface area (Å²) in [7, 11) is 0. The van der Waals surface area contributed by atoms with Crippen LogP contribution in [0, 0.1) is 0 Å². The highest BCUT2D eigenvalue weighted by atomic mass is 19.1. The summed E-state index contributed by atoms with van der Waals surface area (Å²) < 4.78 is 20.8. The number of rotatable bonds is 3. The predicted octanol–water partition coefficient (Wildman–Crippen LogP) is -0.270. The van der Waals surface area contributed by atoms with Gasteiger partial charge >= 0.3 is 0 Å². The highest BCUT2D eigenvalue weighted by Crippen LogP contribution is 2.33. The second kappa shape index (κ2) is 4.68. The molecule has 8 nitrogen and oxygen atoms in total. The fraction of sp³-hybridized carbons (Fsp3) is 0.500. The zero-order valence-electron chi connectivity index (χ0n) is 9.90. The van der Waals surface area contributed by atoms with Gasteiger partial charge in [-0.2, -0.15) is 0 Å². The van der Waals surface area contributed by atoms with Gasteiger partial charge in [-0.3, -0.25) is 4.57 Å². The van der Waals surface area contributed by atoms with Gasteiger partial charge in [0.2, 0.25) is 0 Å². The maximum absolute atomic E-state index is 13.9. The number of hydrogen-bond acceptors (Lipinski definition) is 7. The van der Waals surface area contributed by atoms with E-state index in [1.54, 1.807) is 0 Å². The number of halogens is 1. The fourth-order valence-electron chi connectivity index (χ4n) is 2.21. The fourth-order valence-corrected chi connectivity index (χ4v) is 2.21. The normalized spacial score (nSPS) is 27.0. The molecule has 19 heavy (non-hydrogen) atoms. The Bertz CT molecular complexity index is 590. The van der Waals surface area contributed by atoms with Crippen LogP contribution in [0.3, 0.4) is 0 Å². The van der Waals surface area contributed by atoms with E-state index in [1.807, 2.05) is 0 Å². The average molecular weight is 268 g/mol. The number of nitrogen functional groups attached to an aromatic ring is 1. The molecule has 0 saturated carbocycles. The minimum absolute atomic E-state index is 0.147. The molecule has 0 unspecified atom stereocenters. The van der Waals surface area contributed by atoms with Crippen molar-refractivity contribution in [1.29, 1.82) is 0 Å². The third-order valence-corrected chi connectivity index (χ3v) is 3.10. The molecule has 1 aliphatic heterocycles. The standard InChI is InChI=1S/C10H13FN6O2/c11-6-1-5(2-18)19-10(6)17-4-15-7-8(16-12)13-3-14-9(7)17/h3-6,10,18H,1-2,12H2,(H,13,14,16)/t5-,6-,10+/m0/s1. The van der Waals surface area contributed by atoms with E-state index in [1.165, 1.54) is 17.2 Å². The van der Waals surface area contributed by atoms with Crippen LogP contribution in [0.4, 0.5) is 10.2 Å². The van der Waals surface area contributed by atoms with Gasteiger partial charge in [0.15, 0.2) is 23.2 Å². The minimum atomic E-state index is -1.22. The van der Waals surface area contributed by atoms with Crippen LogP contribution in [0.25, 0.3) is 11.2 Å². The first-order valence-electron chi connectivity index (χ1n) is 5.79. The van der Waals surface area contributed by atoms with E-state index in [4.69, 9.17) is 15.7 Å². The summed E-state index contributed by atoms with van der Waals surface area (Å²) in [5.74, 6) is 5.68. The minimum Gasteiger partial charge on any atom is -0.394 e. The number of aromatic nitrogens is 4. The van der Waals surface area contributed by atoms with Crippen LogP contribution in [0.2, 0.25) is 0 Å². The molecule has 0 radical (unpaired) electrons. The number of hydrogen-bond donors (Lipinski definition) is 3. The van der Waals surface area contributed by atoms with Crippen molar-refractivity contribution in [3.05, 3.63) is 12.7 Å². The number of nitrogens with zero attached hydrogens (tertiary/aromatic N) is 4. The Hall–Kier alpha value is -1.84. The third kappa shape index (κ3) is 1.91. The number of hydrazine groups is 1. The first kappa shape index (κ1) is 12.2. The lowest BCUT2D eigenvalue weighted by molar-refractivity contribution is -0.0351. The Morgan fingerprint density at radius 3 is 3.05 bits per heavy atom. The largest absolute Gasteiger partial charge is 0.394 e. The second-order valence-corrected chi connectivity index (χ2v) is 4.27. The summed E-state index contributed by atoms with van der Waals surface area (Å²) in [6.07, 6.45) is 0.305. The third-order valence-electron chi connectivity index (χ3n) is 3.10. The number of anilines is 1. The lowest BCUT2D eigenvalue weighted by Crippen LogP contribution is -2.17. The van der Waals surface area contributed by atoms with Crippen LogP contribution in [0.5, 0.6) is 0 Å². The smallest absolute Gasteiger partial charge is 0.171 e. The van der Waals surface area contributed by atoms with Crippen LogP contribution in [-0.2, 0) is 4.74 Å². The summed E-state index contributed by atoms with van der Waals surface area (Å²) in [5.41, 5.74) is 3.27. The Balaban J connectivity index is 2.02. The van der Waals surface area contributed by atoms with Gasteiger partial charge in [-0.05, 0) is 0 Å². The van der Waals surface area contributed by atoms with Gasteiger partial charge in [0.05, 0.1) is 19.0 Å². The van der Waals surface area contributed by atoms with E-state index in [2.05, 4.69) is 20.4 Å². The van der Waals surface area contributed by atoms with E-state index in [0.29, 0.717) is 17.0 Å². The van der Waals surface area contributed by atoms with Crippen molar-refractivity contribution >= 4 is 17.0 Å². The van der Waals surface area contributed by atoms with Crippen LogP contribution in [0.1, 0.15) is 12.6 Å². The summed E-state index contributed by atoms with van der Waals surface area (Å²) >= 11 is 0. The first-order valence-corrected chi connectivity index (χ1v) is 5.79. The molecule has 1 aliphatic rings. The van der Waals surface area contributed by atoms with Crippen molar-refractivity contribution in [2.24, 2.45) is 5.84 Å². The number of fused-ring (bicyclic) bond motifs is 1. The topological polar surface area (TPSA) is 111 Å². The van der Waals surface area contributed by atoms with Crippen molar-refractivity contribution in [1.82, 2.24) is 19.5 Å². The van der Waals surface area contributed by atoms with Gasteiger partial charge in [0, 0.05) is 6.42 Å². The Kier molecular flexibility index (Phi) is 3.01. The molecule has 0 bridgehead atoms. The molecule has 4 N–H and O–H groups in total. The monoisotopic (exact) mass is 268 g/mol. The maximum atomic E-state index is 13.9. The lowest BCUT2D eigenvalue weighted by Gasteiger charge is -2.15. The molecule has 0 spiro atoms. The number of ether oxygens (including phenoxy) is 1. The van der Waals surface area contributed by atoms with Crippen LogP contribution >= 0.6 is 0 Å². The van der Waals surface area contributed by atoms with Gasteiger partial charge in [0.25, 0.3) is 0 Å². The number of aliphatic hydroxyl groups excluding tert-OH is 1. The van der Waals surface area contributed by atoms with Gasteiger partial charge < -0.3 is 15.3 Å². The molecule has 3 rings (SSSR count). The first-order chi connectivity index (χ1) is 9.24. The molecular formula is C10H13FN6O2. The van der Waals surface area contributed by atoms with E-state index in [0.717, 1.165) is 0 Å². The quantitative estimate of drug-likeness (QED) is 0.519. The van der Waals surface area contributed by atoms with Crippen LogP contribution in [0.15, 0.2) is 12.7 Å². The molecule has 0 aromatic carbocycles. The maximum Gasteiger partial charge on any atom is 0.171 e. The number of aliphatic hydroxyl groups is 1. The zero-order valence-corrected chi connectivity index (χ0v) is 9.90. The van der Waals surface area contributed by atoms with E-state index in [-0.39, 0.29) is 13.0 Å². The van der Waals surface area contributed by atoms with Crippen molar-refractivity contribution in [3.63, 3.8) is 0 Å². The highest BCUT2D eigenvalue weighted by molar-refractivity contribution is 5.82. The second-order valence-electron chi connectivity index (χ2n) is 4.27. The molecule has 102 valence electrons. The molecule has 1 fully saturated rings. The number of imidazole rings is 1. The van der Waals surface area contributed by atoms with Crippen LogP contribution < -0.4 is 11.3 Å². The zero-order chi connectivity index (χ0) is 13.4. The van der Waals surface area contributed by atoms with Crippen LogP contribution in [-0.4, -0.2) is 43.5 Å². The Labute approximate surface area is 107 Å². The van der Waals surface area contributed by atoms with Crippen molar-refractivity contribution < 1.29 is 14.2 Å². The predicted molar refractivity (Wildman–Crippen MR) is 63.6 cm³/mol. The number of nitrogens with one attached hydrogen (secondary N) is 1. The van der Waals surface area contributed by atoms with E-state index < -0.39 is 18.5 Å². The van der Waals surface area contributed by atoms with Gasteiger partial charge in [-0.15, -0.1) is 0 Å². The van der Waals surface area contributed by atoms with Crippen molar-refractivity contribution in [3.8, 4) is 0 Å². The molecule has 0 aliphatic carbocycles. The van der Waals surface area contributed by atoms with Crippen molar-refractivity contribution in [2.75, 3.05) is 12.0 Å². The molecular weight excluding hydrogens is 255 g/mol. The molecule has 1 saturated heterocycles. The summed E-state index contributed by atoms with van der Waals surface area (Å²) in [5, 5.41) is 9.03. The molecule has 3 heterocycles. The Morgan fingerprint density at radius 2 is 2.37 bits per heavy atom. The lowest BCUT2D eigenvalue weighted by atomic mass is 10.2. The van der Waals surface area contributed by atoms with E-state index in [9.17, 15) is 4.39 Å². The average Bonchev–Trinajstić information content (AvgIpc) is 3.01. The number of nitrogens with two attached hydrogens (primary N) is 1.